The lowest BCUT2D eigenvalue weighted by atomic mass is 9.94. The van der Waals surface area contributed by atoms with Gasteiger partial charge in [-0.3, -0.25) is 14.3 Å². The van der Waals surface area contributed by atoms with Gasteiger partial charge in [-0.2, -0.15) is 0 Å². The number of oxime groups is 1. The zero-order valence-corrected chi connectivity index (χ0v) is 17.8. The van der Waals surface area contributed by atoms with Crippen molar-refractivity contribution in [1.82, 2.24) is 10.0 Å². The first-order chi connectivity index (χ1) is 14.5. The van der Waals surface area contributed by atoms with Crippen molar-refractivity contribution in [3.63, 3.8) is 0 Å². The van der Waals surface area contributed by atoms with Gasteiger partial charge in [0, 0.05) is 24.5 Å². The standard InChI is InChI=1S/C19H23F2N3O6S/c1-3-4-31(27,28)24-17(25)16-8-14(10-29-16)22-18(26)19(2)9-15(23-30-19)11-5-12(20)7-13(21)6-11/h5-7,14,16H,3-4,8-10H2,1-2H3,(H,22,26)(H,24,25)/t14-,16-,19+/m0/s1. The zero-order valence-electron chi connectivity index (χ0n) is 17.0. The van der Waals surface area contributed by atoms with E-state index < -0.39 is 51.2 Å². The second-order valence-corrected chi connectivity index (χ2v) is 9.55. The van der Waals surface area contributed by atoms with Crippen LogP contribution in [0, 0.1) is 11.6 Å². The van der Waals surface area contributed by atoms with Gasteiger partial charge in [-0.05, 0) is 25.5 Å². The fraction of sp³-hybridized carbons (Fsp3) is 0.526. The summed E-state index contributed by atoms with van der Waals surface area (Å²) >= 11 is 0. The number of hydrogen-bond acceptors (Lipinski definition) is 7. The molecule has 0 aliphatic carbocycles. The lowest BCUT2D eigenvalue weighted by Crippen LogP contribution is -2.49. The van der Waals surface area contributed by atoms with Crippen molar-refractivity contribution in [1.29, 1.82) is 0 Å². The molecule has 170 valence electrons. The van der Waals surface area contributed by atoms with Crippen molar-refractivity contribution in [3.8, 4) is 0 Å². The molecule has 2 amide bonds. The topological polar surface area (TPSA) is 123 Å². The fourth-order valence-electron chi connectivity index (χ4n) is 3.32. The molecule has 0 aromatic heterocycles. The van der Waals surface area contributed by atoms with E-state index in [2.05, 4.69) is 10.5 Å². The molecule has 0 saturated carbocycles. The van der Waals surface area contributed by atoms with Crippen molar-refractivity contribution in [2.75, 3.05) is 12.4 Å². The maximum Gasteiger partial charge on any atom is 0.267 e. The first kappa shape index (κ1) is 23.1. The smallest absolute Gasteiger partial charge is 0.267 e. The molecule has 0 unspecified atom stereocenters. The second kappa shape index (κ2) is 8.87. The van der Waals surface area contributed by atoms with Gasteiger partial charge in [0.15, 0.2) is 0 Å². The minimum absolute atomic E-state index is 0.0105. The van der Waals surface area contributed by atoms with Crippen LogP contribution in [0.4, 0.5) is 8.78 Å². The number of nitrogens with zero attached hydrogens (tertiary/aromatic N) is 1. The molecule has 1 aromatic carbocycles. The van der Waals surface area contributed by atoms with E-state index in [-0.39, 0.29) is 36.5 Å². The Balaban J connectivity index is 1.56. The third-order valence-corrected chi connectivity index (χ3v) is 6.35. The molecule has 1 fully saturated rings. The molecular weight excluding hydrogens is 436 g/mol. The summed E-state index contributed by atoms with van der Waals surface area (Å²) in [5.41, 5.74) is -1.02. The number of nitrogens with one attached hydrogen (secondary N) is 2. The highest BCUT2D eigenvalue weighted by atomic mass is 32.2. The molecular formula is C19H23F2N3O6S. The minimum Gasteiger partial charge on any atom is -0.379 e. The molecule has 3 rings (SSSR count). The Morgan fingerprint density at radius 2 is 1.94 bits per heavy atom. The number of ether oxygens (including phenoxy) is 1. The van der Waals surface area contributed by atoms with Crippen LogP contribution in [0.5, 0.6) is 0 Å². The minimum atomic E-state index is -3.73. The Hall–Kier alpha value is -2.60. The number of amides is 2. The number of carbonyl (C=O) groups excluding carboxylic acids is 2. The molecule has 2 aliphatic rings. The van der Waals surface area contributed by atoms with Gasteiger partial charge in [0.1, 0.15) is 17.7 Å². The fourth-order valence-corrected chi connectivity index (χ4v) is 4.40. The maximum atomic E-state index is 13.5. The summed E-state index contributed by atoms with van der Waals surface area (Å²) in [6, 6.07) is 2.37. The number of benzene rings is 1. The normalized spacial score (nSPS) is 25.6. The predicted octanol–water partition coefficient (Wildman–Crippen LogP) is 0.978. The van der Waals surface area contributed by atoms with Crippen molar-refractivity contribution in [2.45, 2.75) is 50.9 Å². The summed E-state index contributed by atoms with van der Waals surface area (Å²) in [4.78, 5) is 30.1. The molecule has 0 radical (unpaired) electrons. The van der Waals surface area contributed by atoms with Gasteiger partial charge in [-0.25, -0.2) is 17.2 Å². The van der Waals surface area contributed by atoms with Crippen LogP contribution >= 0.6 is 0 Å². The average molecular weight is 459 g/mol. The Kier molecular flexibility index (Phi) is 6.60. The predicted molar refractivity (Wildman–Crippen MR) is 106 cm³/mol. The number of sulfonamides is 1. The van der Waals surface area contributed by atoms with E-state index >= 15 is 0 Å². The summed E-state index contributed by atoms with van der Waals surface area (Å²) in [5, 5.41) is 6.49. The highest BCUT2D eigenvalue weighted by Gasteiger charge is 2.44. The van der Waals surface area contributed by atoms with E-state index in [1.807, 2.05) is 4.72 Å². The number of rotatable bonds is 7. The zero-order chi connectivity index (χ0) is 22.8. The van der Waals surface area contributed by atoms with E-state index in [0.717, 1.165) is 18.2 Å². The van der Waals surface area contributed by atoms with Gasteiger partial charge < -0.3 is 14.9 Å². The lowest BCUT2D eigenvalue weighted by Gasteiger charge is -2.22. The molecule has 2 heterocycles. The summed E-state index contributed by atoms with van der Waals surface area (Å²) in [5.74, 6) is -3.06. The van der Waals surface area contributed by atoms with E-state index in [9.17, 15) is 26.8 Å². The first-order valence-electron chi connectivity index (χ1n) is 9.70. The third-order valence-electron chi connectivity index (χ3n) is 4.89. The maximum absolute atomic E-state index is 13.5. The lowest BCUT2D eigenvalue weighted by molar-refractivity contribution is -0.142. The monoisotopic (exact) mass is 459 g/mol. The van der Waals surface area contributed by atoms with Crippen LogP contribution in [0.1, 0.15) is 38.7 Å². The summed E-state index contributed by atoms with van der Waals surface area (Å²) < 4.78 is 57.6. The number of halogens is 2. The number of carbonyl (C=O) groups is 2. The highest BCUT2D eigenvalue weighted by Crippen LogP contribution is 2.28. The molecule has 3 atom stereocenters. The van der Waals surface area contributed by atoms with Gasteiger partial charge in [0.25, 0.3) is 11.8 Å². The molecule has 1 aromatic rings. The van der Waals surface area contributed by atoms with Crippen LogP contribution < -0.4 is 10.0 Å². The van der Waals surface area contributed by atoms with E-state index in [1.54, 1.807) is 6.92 Å². The van der Waals surface area contributed by atoms with Gasteiger partial charge in [-0.15, -0.1) is 0 Å². The molecule has 1 saturated heterocycles. The van der Waals surface area contributed by atoms with E-state index in [4.69, 9.17) is 9.57 Å². The van der Waals surface area contributed by atoms with Crippen LogP contribution in [0.15, 0.2) is 23.4 Å². The molecule has 12 heteroatoms. The molecule has 0 spiro atoms. The Bertz CT molecular complexity index is 996. The van der Waals surface area contributed by atoms with Gasteiger partial charge >= 0.3 is 0 Å². The van der Waals surface area contributed by atoms with Crippen molar-refractivity contribution >= 4 is 27.5 Å². The van der Waals surface area contributed by atoms with Crippen LogP contribution in [0.2, 0.25) is 0 Å². The van der Waals surface area contributed by atoms with Crippen molar-refractivity contribution < 1.29 is 36.4 Å². The van der Waals surface area contributed by atoms with Crippen molar-refractivity contribution in [2.24, 2.45) is 5.16 Å². The third kappa shape index (κ3) is 5.56. The summed E-state index contributed by atoms with van der Waals surface area (Å²) in [6.45, 7) is 3.16. The number of hydrogen-bond donors (Lipinski definition) is 2. The van der Waals surface area contributed by atoms with E-state index in [0.29, 0.717) is 6.42 Å². The largest absolute Gasteiger partial charge is 0.379 e. The Morgan fingerprint density at radius 1 is 1.26 bits per heavy atom. The average Bonchev–Trinajstić information content (AvgIpc) is 3.28. The highest BCUT2D eigenvalue weighted by molar-refractivity contribution is 7.90. The van der Waals surface area contributed by atoms with E-state index in [1.165, 1.54) is 6.92 Å². The molecule has 0 bridgehead atoms. The van der Waals surface area contributed by atoms with Gasteiger partial charge in [0.05, 0.1) is 24.1 Å². The molecule has 31 heavy (non-hydrogen) atoms. The van der Waals surface area contributed by atoms with Crippen LogP contribution in [0.3, 0.4) is 0 Å². The van der Waals surface area contributed by atoms with Crippen LogP contribution in [-0.4, -0.2) is 56.1 Å². The molecule has 9 nitrogen and oxygen atoms in total. The molecule has 2 aliphatic heterocycles. The Labute approximate surface area is 178 Å². The first-order valence-corrected chi connectivity index (χ1v) is 11.3. The SMILES string of the molecule is CCCS(=O)(=O)NC(=O)[C@@H]1C[C@H](NC(=O)[C@@]2(C)CC(c3cc(F)cc(F)c3)=NO2)CO1. The second-order valence-electron chi connectivity index (χ2n) is 7.71. The van der Waals surface area contributed by atoms with Gasteiger partial charge in [-0.1, -0.05) is 12.1 Å². The van der Waals surface area contributed by atoms with Crippen LogP contribution in [-0.2, 0) is 29.2 Å². The van der Waals surface area contributed by atoms with Gasteiger partial charge in [0.2, 0.25) is 15.6 Å². The quantitative estimate of drug-likeness (QED) is 0.627. The Morgan fingerprint density at radius 3 is 2.58 bits per heavy atom. The summed E-state index contributed by atoms with van der Waals surface area (Å²) in [6.07, 6.45) is -0.596. The van der Waals surface area contributed by atoms with Crippen LogP contribution in [0.25, 0.3) is 0 Å². The summed E-state index contributed by atoms with van der Waals surface area (Å²) in [7, 11) is -3.73. The van der Waals surface area contributed by atoms with Crippen molar-refractivity contribution in [3.05, 3.63) is 35.4 Å². The molecule has 2 N–H and O–H groups in total.